The topological polar surface area (TPSA) is 84.0 Å². The summed E-state index contributed by atoms with van der Waals surface area (Å²) >= 11 is 3.35. The number of benzene rings is 2. The van der Waals surface area contributed by atoms with Gasteiger partial charge in [0.2, 0.25) is 0 Å². The Morgan fingerprint density at radius 1 is 1.07 bits per heavy atom. The number of nitrogens with one attached hydrogen (secondary N) is 3. The number of aliphatic imine (C=N–C) groups is 1. The number of rotatable bonds is 8. The maximum absolute atomic E-state index is 12.1. The van der Waals surface area contributed by atoms with Crippen LogP contribution in [-0.2, 0) is 0 Å². The number of nitrogens with zero attached hydrogens (tertiary/aromatic N) is 1. The highest BCUT2D eigenvalue weighted by Gasteiger charge is 2.07. The van der Waals surface area contributed by atoms with Crippen LogP contribution in [0.2, 0.25) is 0 Å². The lowest BCUT2D eigenvalue weighted by Gasteiger charge is -2.15. The van der Waals surface area contributed by atoms with Crippen molar-refractivity contribution in [1.29, 1.82) is 0 Å². The van der Waals surface area contributed by atoms with Crippen molar-refractivity contribution in [3.05, 3.63) is 52.5 Å². The highest BCUT2D eigenvalue weighted by Crippen LogP contribution is 2.30. The molecule has 29 heavy (non-hydrogen) atoms. The number of guanidine groups is 1. The van der Waals surface area contributed by atoms with Crippen molar-refractivity contribution in [2.75, 3.05) is 39.2 Å². The molecule has 0 fully saturated rings. The van der Waals surface area contributed by atoms with Gasteiger partial charge in [-0.05, 0) is 43.3 Å². The smallest absolute Gasteiger partial charge is 0.251 e. The SMILES string of the molecule is CCOc1cc(NC(=NC)NCCNC(=O)c2ccc(Br)cc2)ccc1OC.I. The van der Waals surface area contributed by atoms with E-state index in [4.69, 9.17) is 9.47 Å². The van der Waals surface area contributed by atoms with Gasteiger partial charge < -0.3 is 25.4 Å². The van der Waals surface area contributed by atoms with Crippen LogP contribution in [0.1, 0.15) is 17.3 Å². The van der Waals surface area contributed by atoms with Crippen molar-refractivity contribution in [3.8, 4) is 11.5 Å². The van der Waals surface area contributed by atoms with Crippen molar-refractivity contribution in [3.63, 3.8) is 0 Å². The number of ether oxygens (including phenoxy) is 2. The summed E-state index contributed by atoms with van der Waals surface area (Å²) in [4.78, 5) is 16.3. The first kappa shape index (κ1) is 25.0. The molecule has 0 aromatic heterocycles. The van der Waals surface area contributed by atoms with Crippen molar-refractivity contribution in [2.24, 2.45) is 4.99 Å². The van der Waals surface area contributed by atoms with Crippen molar-refractivity contribution < 1.29 is 14.3 Å². The number of halogens is 2. The summed E-state index contributed by atoms with van der Waals surface area (Å²) in [6.45, 7) is 3.45. The Hall–Kier alpha value is -2.01. The van der Waals surface area contributed by atoms with Gasteiger partial charge in [-0.3, -0.25) is 9.79 Å². The second-order valence-corrected chi connectivity index (χ2v) is 6.60. The molecule has 7 nitrogen and oxygen atoms in total. The van der Waals surface area contributed by atoms with Crippen molar-refractivity contribution in [1.82, 2.24) is 10.6 Å². The molecule has 1 amide bonds. The summed E-state index contributed by atoms with van der Waals surface area (Å²) in [5.74, 6) is 1.80. The second-order valence-electron chi connectivity index (χ2n) is 5.69. The van der Waals surface area contributed by atoms with Crippen LogP contribution >= 0.6 is 39.9 Å². The predicted octanol–water partition coefficient (Wildman–Crippen LogP) is 3.89. The number of carbonyl (C=O) groups excluding carboxylic acids is 1. The molecule has 2 aromatic rings. The number of hydrogen-bond acceptors (Lipinski definition) is 4. The van der Waals surface area contributed by atoms with E-state index in [9.17, 15) is 4.79 Å². The Balaban J connectivity index is 0.00000420. The van der Waals surface area contributed by atoms with Crippen LogP contribution in [0.4, 0.5) is 5.69 Å². The summed E-state index contributed by atoms with van der Waals surface area (Å²) in [6, 6.07) is 12.8. The molecule has 0 aliphatic carbocycles. The molecule has 0 atom stereocenters. The van der Waals surface area contributed by atoms with E-state index in [0.29, 0.717) is 42.7 Å². The van der Waals surface area contributed by atoms with Crippen LogP contribution in [0.25, 0.3) is 0 Å². The maximum Gasteiger partial charge on any atom is 0.251 e. The van der Waals surface area contributed by atoms with E-state index >= 15 is 0 Å². The average Bonchev–Trinajstić information content (AvgIpc) is 2.71. The molecular formula is C20H26BrIN4O3. The minimum Gasteiger partial charge on any atom is -0.493 e. The third kappa shape index (κ3) is 8.09. The van der Waals surface area contributed by atoms with Crippen LogP contribution in [-0.4, -0.2) is 45.7 Å². The van der Waals surface area contributed by atoms with Crippen LogP contribution in [0.3, 0.4) is 0 Å². The van der Waals surface area contributed by atoms with Gasteiger partial charge in [-0.15, -0.1) is 24.0 Å². The minimum atomic E-state index is -0.117. The highest BCUT2D eigenvalue weighted by atomic mass is 127. The molecule has 2 aromatic carbocycles. The molecular weight excluding hydrogens is 551 g/mol. The molecule has 0 heterocycles. The summed E-state index contributed by atoms with van der Waals surface area (Å²) in [5, 5.41) is 9.22. The minimum absolute atomic E-state index is 0. The zero-order valence-electron chi connectivity index (χ0n) is 16.6. The first-order valence-electron chi connectivity index (χ1n) is 8.89. The van der Waals surface area contributed by atoms with Gasteiger partial charge in [0.1, 0.15) is 0 Å². The summed E-state index contributed by atoms with van der Waals surface area (Å²) in [7, 11) is 3.29. The van der Waals surface area contributed by atoms with Gasteiger partial charge in [0.15, 0.2) is 17.5 Å². The number of hydrogen-bond donors (Lipinski definition) is 3. The summed E-state index contributed by atoms with van der Waals surface area (Å²) in [5.41, 5.74) is 1.43. The molecule has 9 heteroatoms. The van der Waals surface area contributed by atoms with Crippen LogP contribution in [0.15, 0.2) is 51.9 Å². The summed E-state index contributed by atoms with van der Waals surface area (Å²) < 4.78 is 11.8. The van der Waals surface area contributed by atoms with Gasteiger partial charge >= 0.3 is 0 Å². The molecule has 0 saturated carbocycles. The van der Waals surface area contributed by atoms with Crippen molar-refractivity contribution in [2.45, 2.75) is 6.92 Å². The quantitative estimate of drug-likeness (QED) is 0.192. The molecule has 158 valence electrons. The van der Waals surface area contributed by atoms with E-state index in [-0.39, 0.29) is 29.9 Å². The monoisotopic (exact) mass is 576 g/mol. The Labute approximate surface area is 196 Å². The highest BCUT2D eigenvalue weighted by molar-refractivity contribution is 14.0. The molecule has 0 aliphatic rings. The van der Waals surface area contributed by atoms with E-state index in [1.165, 1.54) is 0 Å². The average molecular weight is 577 g/mol. The van der Waals surface area contributed by atoms with Gasteiger partial charge in [-0.25, -0.2) is 0 Å². The lowest BCUT2D eigenvalue weighted by molar-refractivity contribution is 0.0954. The Kier molecular flexibility index (Phi) is 11.4. The first-order chi connectivity index (χ1) is 13.6. The number of methoxy groups -OCH3 is 1. The van der Waals surface area contributed by atoms with Crippen molar-refractivity contribution >= 4 is 57.5 Å². The lowest BCUT2D eigenvalue weighted by Crippen LogP contribution is -2.37. The molecule has 0 aliphatic heterocycles. The number of anilines is 1. The van der Waals surface area contributed by atoms with E-state index in [1.54, 1.807) is 26.3 Å². The largest absolute Gasteiger partial charge is 0.493 e. The fourth-order valence-corrected chi connectivity index (χ4v) is 2.66. The standard InChI is InChI=1S/C20H25BrN4O3.HI/c1-4-28-18-13-16(9-10-17(18)27-3)25-20(22-2)24-12-11-23-19(26)14-5-7-15(21)8-6-14;/h5-10,13H,4,11-12H2,1-3H3,(H,23,26)(H2,22,24,25);1H. The Morgan fingerprint density at radius 3 is 2.38 bits per heavy atom. The predicted molar refractivity (Wildman–Crippen MR) is 131 cm³/mol. The van der Waals surface area contributed by atoms with E-state index in [1.807, 2.05) is 37.3 Å². The molecule has 2 rings (SSSR count). The maximum atomic E-state index is 12.1. The van der Waals surface area contributed by atoms with Gasteiger partial charge in [-0.2, -0.15) is 0 Å². The van der Waals surface area contributed by atoms with E-state index < -0.39 is 0 Å². The molecule has 0 bridgehead atoms. The van der Waals surface area contributed by atoms with Crippen LogP contribution in [0, 0.1) is 0 Å². The Bertz CT molecular complexity index is 816. The van der Waals surface area contributed by atoms with Gasteiger partial charge in [-0.1, -0.05) is 15.9 Å². The zero-order chi connectivity index (χ0) is 20.4. The third-order valence-corrected chi connectivity index (χ3v) is 4.29. The van der Waals surface area contributed by atoms with E-state index in [0.717, 1.165) is 10.2 Å². The first-order valence-corrected chi connectivity index (χ1v) is 9.69. The van der Waals surface area contributed by atoms with Crippen LogP contribution in [0.5, 0.6) is 11.5 Å². The van der Waals surface area contributed by atoms with E-state index in [2.05, 4.69) is 36.9 Å². The normalized spacial score (nSPS) is 10.6. The van der Waals surface area contributed by atoms with Crippen LogP contribution < -0.4 is 25.4 Å². The molecule has 0 spiro atoms. The fraction of sp³-hybridized carbons (Fsp3) is 0.300. The third-order valence-electron chi connectivity index (χ3n) is 3.76. The Morgan fingerprint density at radius 2 is 1.76 bits per heavy atom. The van der Waals surface area contributed by atoms with Gasteiger partial charge in [0.05, 0.1) is 13.7 Å². The number of amides is 1. The number of carbonyl (C=O) groups is 1. The zero-order valence-corrected chi connectivity index (χ0v) is 20.5. The molecule has 3 N–H and O–H groups in total. The molecule has 0 radical (unpaired) electrons. The second kappa shape index (κ2) is 13.3. The molecule has 0 unspecified atom stereocenters. The van der Waals surface area contributed by atoms with Gasteiger partial charge in [0.25, 0.3) is 5.91 Å². The van der Waals surface area contributed by atoms with Gasteiger partial charge in [0, 0.05) is 41.9 Å². The fourth-order valence-electron chi connectivity index (χ4n) is 2.40. The molecule has 0 saturated heterocycles. The summed E-state index contributed by atoms with van der Waals surface area (Å²) in [6.07, 6.45) is 0. The lowest BCUT2D eigenvalue weighted by atomic mass is 10.2.